The van der Waals surface area contributed by atoms with Crippen LogP contribution in [-0.4, -0.2) is 18.1 Å². The number of hydrogen-bond acceptors (Lipinski definition) is 4. The van der Waals surface area contributed by atoms with Gasteiger partial charge in [-0.05, 0) is 19.1 Å². The van der Waals surface area contributed by atoms with Crippen molar-refractivity contribution in [3.05, 3.63) is 24.1 Å². The summed E-state index contributed by atoms with van der Waals surface area (Å²) in [7, 11) is 1.62. The number of rotatable bonds is 3. The van der Waals surface area contributed by atoms with E-state index in [9.17, 15) is 0 Å². The average molecular weight is 220 g/mol. The Kier molecular flexibility index (Phi) is 2.83. The monoisotopic (exact) mass is 220 g/mol. The van der Waals surface area contributed by atoms with Gasteiger partial charge in [0.1, 0.15) is 5.75 Å². The highest BCUT2D eigenvalue weighted by Crippen LogP contribution is 2.28. The molecule has 1 aromatic carbocycles. The standard InChI is InChI=1S/C12H16N2O2/c1-7(8(2)13)12-14-11-9(15-3)5-4-6-10(11)16-12/h4-8H,13H2,1-3H3. The lowest BCUT2D eigenvalue weighted by Crippen LogP contribution is -2.22. The van der Waals surface area contributed by atoms with E-state index < -0.39 is 0 Å². The normalized spacial score (nSPS) is 15.0. The molecular weight excluding hydrogens is 204 g/mol. The van der Waals surface area contributed by atoms with Crippen LogP contribution >= 0.6 is 0 Å². The summed E-state index contributed by atoms with van der Waals surface area (Å²) in [5.74, 6) is 1.48. The SMILES string of the molecule is COc1cccc2oc(C(C)C(C)N)nc12. The highest BCUT2D eigenvalue weighted by Gasteiger charge is 2.18. The van der Waals surface area contributed by atoms with Crippen LogP contribution in [0.25, 0.3) is 11.1 Å². The van der Waals surface area contributed by atoms with E-state index in [1.807, 2.05) is 32.0 Å². The maximum Gasteiger partial charge on any atom is 0.200 e. The van der Waals surface area contributed by atoms with Gasteiger partial charge >= 0.3 is 0 Å². The number of nitrogens with two attached hydrogens (primary N) is 1. The van der Waals surface area contributed by atoms with E-state index in [0.717, 1.165) is 16.8 Å². The molecule has 2 atom stereocenters. The summed E-state index contributed by atoms with van der Waals surface area (Å²) < 4.78 is 10.9. The van der Waals surface area contributed by atoms with E-state index in [1.165, 1.54) is 0 Å². The number of methoxy groups -OCH3 is 1. The van der Waals surface area contributed by atoms with Crippen LogP contribution in [0.1, 0.15) is 25.7 Å². The molecule has 4 nitrogen and oxygen atoms in total. The lowest BCUT2D eigenvalue weighted by Gasteiger charge is -2.10. The Morgan fingerprint density at radius 3 is 2.75 bits per heavy atom. The first kappa shape index (κ1) is 11.0. The molecule has 16 heavy (non-hydrogen) atoms. The zero-order valence-corrected chi connectivity index (χ0v) is 9.73. The number of hydrogen-bond donors (Lipinski definition) is 1. The minimum absolute atomic E-state index is 0.0130. The Morgan fingerprint density at radius 1 is 1.38 bits per heavy atom. The van der Waals surface area contributed by atoms with Crippen LogP contribution in [0.4, 0.5) is 0 Å². The molecule has 2 unspecified atom stereocenters. The molecule has 0 saturated heterocycles. The predicted octanol–water partition coefficient (Wildman–Crippen LogP) is 2.29. The lowest BCUT2D eigenvalue weighted by molar-refractivity contribution is 0.419. The van der Waals surface area contributed by atoms with Crippen LogP contribution in [0.15, 0.2) is 22.6 Å². The molecule has 0 radical (unpaired) electrons. The van der Waals surface area contributed by atoms with Gasteiger partial charge in [-0.15, -0.1) is 0 Å². The minimum Gasteiger partial charge on any atom is -0.494 e. The van der Waals surface area contributed by atoms with Crippen LogP contribution in [0.2, 0.25) is 0 Å². The quantitative estimate of drug-likeness (QED) is 0.862. The molecular formula is C12H16N2O2. The van der Waals surface area contributed by atoms with Gasteiger partial charge in [0.2, 0.25) is 0 Å². The number of ether oxygens (including phenoxy) is 1. The van der Waals surface area contributed by atoms with Crippen molar-refractivity contribution in [2.45, 2.75) is 25.8 Å². The van der Waals surface area contributed by atoms with E-state index in [1.54, 1.807) is 7.11 Å². The van der Waals surface area contributed by atoms with Crippen molar-refractivity contribution < 1.29 is 9.15 Å². The van der Waals surface area contributed by atoms with E-state index in [2.05, 4.69) is 4.98 Å². The first-order valence-electron chi connectivity index (χ1n) is 5.32. The van der Waals surface area contributed by atoms with E-state index in [4.69, 9.17) is 14.9 Å². The molecule has 2 rings (SSSR count). The fourth-order valence-corrected chi connectivity index (χ4v) is 1.52. The molecule has 1 aromatic heterocycles. The van der Waals surface area contributed by atoms with Crippen molar-refractivity contribution in [1.29, 1.82) is 0 Å². The van der Waals surface area contributed by atoms with Gasteiger partial charge in [-0.25, -0.2) is 4.98 Å². The molecule has 2 aromatic rings. The van der Waals surface area contributed by atoms with Gasteiger partial charge in [-0.1, -0.05) is 13.0 Å². The predicted molar refractivity (Wildman–Crippen MR) is 62.6 cm³/mol. The second kappa shape index (κ2) is 4.14. The van der Waals surface area contributed by atoms with Gasteiger partial charge in [-0.2, -0.15) is 0 Å². The summed E-state index contributed by atoms with van der Waals surface area (Å²) in [5, 5.41) is 0. The van der Waals surface area contributed by atoms with Crippen molar-refractivity contribution in [3.63, 3.8) is 0 Å². The number of oxazole rings is 1. The van der Waals surface area contributed by atoms with Crippen molar-refractivity contribution in [3.8, 4) is 5.75 Å². The summed E-state index contributed by atoms with van der Waals surface area (Å²) in [4.78, 5) is 4.43. The van der Waals surface area contributed by atoms with Crippen molar-refractivity contribution >= 4 is 11.1 Å². The minimum atomic E-state index is 0.0130. The Bertz CT molecular complexity index is 491. The molecule has 0 spiro atoms. The number of nitrogens with zero attached hydrogens (tertiary/aromatic N) is 1. The average Bonchev–Trinajstić information content (AvgIpc) is 2.70. The topological polar surface area (TPSA) is 61.3 Å². The van der Waals surface area contributed by atoms with Gasteiger partial charge in [0.15, 0.2) is 17.0 Å². The summed E-state index contributed by atoms with van der Waals surface area (Å²) >= 11 is 0. The van der Waals surface area contributed by atoms with E-state index >= 15 is 0 Å². The van der Waals surface area contributed by atoms with Crippen molar-refractivity contribution in [2.24, 2.45) is 5.73 Å². The Hall–Kier alpha value is -1.55. The molecule has 0 amide bonds. The zero-order valence-electron chi connectivity index (χ0n) is 9.73. The smallest absolute Gasteiger partial charge is 0.200 e. The fraction of sp³-hybridized carbons (Fsp3) is 0.417. The third kappa shape index (κ3) is 1.76. The highest BCUT2D eigenvalue weighted by atomic mass is 16.5. The first-order chi connectivity index (χ1) is 7.63. The number of para-hydroxylation sites is 1. The molecule has 1 heterocycles. The summed E-state index contributed by atoms with van der Waals surface area (Å²) in [5.41, 5.74) is 7.32. The van der Waals surface area contributed by atoms with Gasteiger partial charge in [-0.3, -0.25) is 0 Å². The number of aromatic nitrogens is 1. The number of benzene rings is 1. The van der Waals surface area contributed by atoms with Gasteiger partial charge in [0.25, 0.3) is 0 Å². The van der Waals surface area contributed by atoms with Crippen molar-refractivity contribution in [1.82, 2.24) is 4.98 Å². The molecule has 86 valence electrons. The van der Waals surface area contributed by atoms with Crippen LogP contribution < -0.4 is 10.5 Å². The van der Waals surface area contributed by atoms with Gasteiger partial charge in [0.05, 0.1) is 7.11 Å². The molecule has 0 aliphatic carbocycles. The summed E-state index contributed by atoms with van der Waals surface area (Å²) in [6.45, 7) is 3.94. The zero-order chi connectivity index (χ0) is 11.7. The first-order valence-corrected chi connectivity index (χ1v) is 5.32. The molecule has 4 heteroatoms. The lowest BCUT2D eigenvalue weighted by atomic mass is 10.1. The van der Waals surface area contributed by atoms with E-state index in [0.29, 0.717) is 5.89 Å². The molecule has 0 aliphatic heterocycles. The van der Waals surface area contributed by atoms with Crippen molar-refractivity contribution in [2.75, 3.05) is 7.11 Å². The third-order valence-corrected chi connectivity index (χ3v) is 2.80. The molecule has 2 N–H and O–H groups in total. The van der Waals surface area contributed by atoms with Gasteiger partial charge < -0.3 is 14.9 Å². The van der Waals surface area contributed by atoms with Crippen LogP contribution in [0.3, 0.4) is 0 Å². The Labute approximate surface area is 94.4 Å². The fourth-order valence-electron chi connectivity index (χ4n) is 1.52. The molecule has 0 fully saturated rings. The largest absolute Gasteiger partial charge is 0.494 e. The maximum absolute atomic E-state index is 5.83. The molecule has 0 saturated carbocycles. The van der Waals surface area contributed by atoms with E-state index in [-0.39, 0.29) is 12.0 Å². The second-order valence-electron chi connectivity index (χ2n) is 4.01. The molecule has 0 aliphatic rings. The Morgan fingerprint density at radius 2 is 2.12 bits per heavy atom. The summed E-state index contributed by atoms with van der Waals surface area (Å²) in [6.07, 6.45) is 0. The van der Waals surface area contributed by atoms with Crippen LogP contribution in [-0.2, 0) is 0 Å². The highest BCUT2D eigenvalue weighted by molar-refractivity contribution is 5.79. The van der Waals surface area contributed by atoms with Crippen LogP contribution in [0, 0.1) is 0 Å². The third-order valence-electron chi connectivity index (χ3n) is 2.80. The van der Waals surface area contributed by atoms with Gasteiger partial charge in [0, 0.05) is 12.0 Å². The number of fused-ring (bicyclic) bond motifs is 1. The summed E-state index contributed by atoms with van der Waals surface area (Å²) in [6, 6.07) is 5.64. The second-order valence-corrected chi connectivity index (χ2v) is 4.01. The maximum atomic E-state index is 5.83. The van der Waals surface area contributed by atoms with Crippen LogP contribution in [0.5, 0.6) is 5.75 Å². The molecule has 0 bridgehead atoms. The Balaban J connectivity index is 2.51.